The van der Waals surface area contributed by atoms with Gasteiger partial charge in [-0.2, -0.15) is 0 Å². The lowest BCUT2D eigenvalue weighted by molar-refractivity contribution is -0.114. The van der Waals surface area contributed by atoms with E-state index in [-0.39, 0.29) is 18.4 Å². The Morgan fingerprint density at radius 1 is 1.03 bits per heavy atom. The summed E-state index contributed by atoms with van der Waals surface area (Å²) >= 11 is 0. The molecular formula is C24H31N3O3. The minimum atomic E-state index is -0.189. The third-order valence-corrected chi connectivity index (χ3v) is 4.34. The smallest absolute Gasteiger partial charge is 0.253 e. The van der Waals surface area contributed by atoms with Gasteiger partial charge in [-0.15, -0.1) is 0 Å². The van der Waals surface area contributed by atoms with E-state index in [0.29, 0.717) is 17.9 Å². The Kier molecular flexibility index (Phi) is 9.45. The number of carbonyl (C=O) groups excluding carboxylic acids is 2. The van der Waals surface area contributed by atoms with Crippen LogP contribution >= 0.6 is 0 Å². The Balaban J connectivity index is 1.91. The summed E-state index contributed by atoms with van der Waals surface area (Å²) in [6.45, 7) is 9.74. The molecule has 0 aromatic heterocycles. The molecule has 2 aromatic rings. The molecule has 0 atom stereocenters. The number of hydrogen-bond donors (Lipinski definition) is 2. The van der Waals surface area contributed by atoms with Crippen molar-refractivity contribution < 1.29 is 14.3 Å². The van der Waals surface area contributed by atoms with Gasteiger partial charge in [0.25, 0.3) is 5.91 Å². The lowest BCUT2D eigenvalue weighted by atomic mass is 10.1. The monoisotopic (exact) mass is 409 g/mol. The number of anilines is 2. The molecule has 0 spiro atoms. The highest BCUT2D eigenvalue weighted by Crippen LogP contribution is 2.16. The minimum Gasteiger partial charge on any atom is -0.490 e. The molecule has 0 aliphatic carbocycles. The van der Waals surface area contributed by atoms with Crippen LogP contribution < -0.4 is 15.4 Å². The summed E-state index contributed by atoms with van der Waals surface area (Å²) < 4.78 is 5.44. The van der Waals surface area contributed by atoms with E-state index in [1.54, 1.807) is 30.3 Å². The largest absolute Gasteiger partial charge is 0.490 e. The summed E-state index contributed by atoms with van der Waals surface area (Å²) in [5.41, 5.74) is 2.00. The highest BCUT2D eigenvalue weighted by molar-refractivity contribution is 5.98. The maximum atomic E-state index is 12.8. The molecule has 2 N–H and O–H groups in total. The predicted octanol–water partition coefficient (Wildman–Crippen LogP) is 4.56. The molecule has 0 heterocycles. The molecule has 0 radical (unpaired) electrons. The van der Waals surface area contributed by atoms with Crippen molar-refractivity contribution in [2.45, 2.75) is 26.7 Å². The van der Waals surface area contributed by atoms with Gasteiger partial charge in [-0.3, -0.25) is 9.59 Å². The number of benzene rings is 2. The van der Waals surface area contributed by atoms with Gasteiger partial charge in [-0.25, -0.2) is 0 Å². The van der Waals surface area contributed by atoms with E-state index in [1.165, 1.54) is 0 Å². The third-order valence-electron chi connectivity index (χ3n) is 4.34. The summed E-state index contributed by atoms with van der Waals surface area (Å²) in [7, 11) is 0. The fraction of sp³-hybridized carbons (Fsp3) is 0.333. The van der Waals surface area contributed by atoms with Gasteiger partial charge in [0.05, 0.1) is 6.54 Å². The minimum absolute atomic E-state index is 0.00770. The van der Waals surface area contributed by atoms with Crippen LogP contribution in [0.25, 0.3) is 0 Å². The number of carbonyl (C=O) groups is 2. The molecule has 6 heteroatoms. The number of rotatable bonds is 12. The van der Waals surface area contributed by atoms with E-state index < -0.39 is 0 Å². The average molecular weight is 410 g/mol. The van der Waals surface area contributed by atoms with Gasteiger partial charge in [-0.05, 0) is 55.3 Å². The zero-order chi connectivity index (χ0) is 21.8. The van der Waals surface area contributed by atoms with Crippen molar-refractivity contribution in [2.24, 2.45) is 0 Å². The zero-order valence-electron chi connectivity index (χ0n) is 17.8. The van der Waals surface area contributed by atoms with Crippen LogP contribution in [0, 0.1) is 0 Å². The number of nitrogens with one attached hydrogen (secondary N) is 2. The summed E-state index contributed by atoms with van der Waals surface area (Å²) in [5, 5.41) is 5.92. The molecule has 2 amide bonds. The van der Waals surface area contributed by atoms with E-state index in [0.717, 1.165) is 37.4 Å². The molecule has 0 bridgehead atoms. The van der Waals surface area contributed by atoms with Crippen LogP contribution in [0.2, 0.25) is 0 Å². The molecule has 6 nitrogen and oxygen atoms in total. The third kappa shape index (κ3) is 7.28. The van der Waals surface area contributed by atoms with E-state index >= 15 is 0 Å². The van der Waals surface area contributed by atoms with Gasteiger partial charge in [0.2, 0.25) is 5.91 Å². The number of ether oxygens (including phenoxy) is 1. The Morgan fingerprint density at radius 3 is 2.37 bits per heavy atom. The van der Waals surface area contributed by atoms with Crippen LogP contribution in [0.3, 0.4) is 0 Å². The van der Waals surface area contributed by atoms with E-state index in [2.05, 4.69) is 31.1 Å². The predicted molar refractivity (Wildman–Crippen MR) is 122 cm³/mol. The summed E-state index contributed by atoms with van der Waals surface area (Å²) in [6, 6.07) is 14.4. The first-order valence-corrected chi connectivity index (χ1v) is 10.3. The van der Waals surface area contributed by atoms with Crippen molar-refractivity contribution >= 4 is 23.2 Å². The molecule has 30 heavy (non-hydrogen) atoms. The second kappa shape index (κ2) is 12.3. The molecule has 2 aromatic carbocycles. The van der Waals surface area contributed by atoms with E-state index in [1.807, 2.05) is 29.2 Å². The summed E-state index contributed by atoms with van der Waals surface area (Å²) in [4.78, 5) is 26.9. The van der Waals surface area contributed by atoms with Crippen molar-refractivity contribution in [3.63, 3.8) is 0 Å². The first kappa shape index (κ1) is 23.0. The van der Waals surface area contributed by atoms with Crippen molar-refractivity contribution in [3.8, 4) is 5.75 Å². The highest BCUT2D eigenvalue weighted by atomic mass is 16.5. The standard InChI is InChI=1S/C24H31N3O3/c1-4-14-27(15-5-2)24(29)19-8-7-9-21(17-19)26-23(28)18-25-20-10-12-22(13-11-20)30-16-6-3/h6-13,17,25H,3-5,14-16,18H2,1-2H3,(H,26,28). The molecule has 160 valence electrons. The Morgan fingerprint density at radius 2 is 1.73 bits per heavy atom. The fourth-order valence-corrected chi connectivity index (χ4v) is 2.98. The molecule has 0 aliphatic rings. The normalized spacial score (nSPS) is 10.2. The second-order valence-electron chi connectivity index (χ2n) is 6.90. The second-order valence-corrected chi connectivity index (χ2v) is 6.90. The average Bonchev–Trinajstić information content (AvgIpc) is 2.76. The summed E-state index contributed by atoms with van der Waals surface area (Å²) in [6.07, 6.45) is 3.51. The summed E-state index contributed by atoms with van der Waals surface area (Å²) in [5.74, 6) is 0.545. The van der Waals surface area contributed by atoms with Crippen LogP contribution in [0.4, 0.5) is 11.4 Å². The maximum absolute atomic E-state index is 12.8. The van der Waals surface area contributed by atoms with Gasteiger partial charge < -0.3 is 20.3 Å². The first-order valence-electron chi connectivity index (χ1n) is 10.3. The highest BCUT2D eigenvalue weighted by Gasteiger charge is 2.15. The van der Waals surface area contributed by atoms with E-state index in [4.69, 9.17) is 4.74 Å². The Labute approximate surface area is 178 Å². The fourth-order valence-electron chi connectivity index (χ4n) is 2.98. The van der Waals surface area contributed by atoms with Crippen LogP contribution in [0.5, 0.6) is 5.75 Å². The molecule has 0 saturated carbocycles. The molecule has 0 fully saturated rings. The molecule has 0 unspecified atom stereocenters. The van der Waals surface area contributed by atoms with Gasteiger partial charge >= 0.3 is 0 Å². The maximum Gasteiger partial charge on any atom is 0.253 e. The van der Waals surface area contributed by atoms with Gasteiger partial charge in [-0.1, -0.05) is 32.6 Å². The number of hydrogen-bond acceptors (Lipinski definition) is 4. The lowest BCUT2D eigenvalue weighted by Crippen LogP contribution is -2.32. The first-order chi connectivity index (χ1) is 14.6. The lowest BCUT2D eigenvalue weighted by Gasteiger charge is -2.21. The molecule has 2 rings (SSSR count). The molecule has 0 saturated heterocycles. The van der Waals surface area contributed by atoms with Gasteiger partial charge in [0.1, 0.15) is 12.4 Å². The Hall–Kier alpha value is -3.28. The quantitative estimate of drug-likeness (QED) is 0.504. The zero-order valence-corrected chi connectivity index (χ0v) is 17.8. The SMILES string of the molecule is C=CCOc1ccc(NCC(=O)Nc2cccc(C(=O)N(CCC)CCC)c2)cc1. The molecule has 0 aliphatic heterocycles. The van der Waals surface area contributed by atoms with Crippen LogP contribution in [0.15, 0.2) is 61.2 Å². The molecular weight excluding hydrogens is 378 g/mol. The van der Waals surface area contributed by atoms with Crippen molar-refractivity contribution in [2.75, 3.05) is 36.9 Å². The van der Waals surface area contributed by atoms with Crippen molar-refractivity contribution in [1.82, 2.24) is 4.90 Å². The van der Waals surface area contributed by atoms with Crippen LogP contribution in [-0.2, 0) is 4.79 Å². The van der Waals surface area contributed by atoms with Gasteiger partial charge in [0, 0.05) is 30.0 Å². The van der Waals surface area contributed by atoms with Crippen molar-refractivity contribution in [3.05, 3.63) is 66.7 Å². The topological polar surface area (TPSA) is 70.7 Å². The van der Waals surface area contributed by atoms with Crippen molar-refractivity contribution in [1.29, 1.82) is 0 Å². The van der Waals surface area contributed by atoms with Crippen LogP contribution in [-0.4, -0.2) is 43.0 Å². The Bertz CT molecular complexity index is 828. The number of nitrogens with zero attached hydrogens (tertiary/aromatic N) is 1. The van der Waals surface area contributed by atoms with E-state index in [9.17, 15) is 9.59 Å². The van der Waals surface area contributed by atoms with Gasteiger partial charge in [0.15, 0.2) is 0 Å². The van der Waals surface area contributed by atoms with Crippen LogP contribution in [0.1, 0.15) is 37.0 Å². The number of amides is 2.